The number of hydrogen-bond acceptors (Lipinski definition) is 3. The fraction of sp³-hybridized carbons (Fsp3) is 0.929. The van der Waals surface area contributed by atoms with Crippen LogP contribution >= 0.6 is 0 Å². The third-order valence-corrected chi connectivity index (χ3v) is 3.29. The summed E-state index contributed by atoms with van der Waals surface area (Å²) in [6.45, 7) is 1.00. The molecule has 3 heteroatoms. The largest absolute Gasteiger partial charge is 0.469 e. The van der Waals surface area contributed by atoms with E-state index in [1.165, 1.54) is 52.1 Å². The van der Waals surface area contributed by atoms with E-state index in [0.29, 0.717) is 12.5 Å². The average Bonchev–Trinajstić information content (AvgIpc) is 3.15. The molecule has 1 heterocycles. The highest BCUT2D eigenvalue weighted by Gasteiger charge is 2.20. The van der Waals surface area contributed by atoms with Crippen LogP contribution in [-0.4, -0.2) is 25.8 Å². The van der Waals surface area contributed by atoms with Gasteiger partial charge in [0.15, 0.2) is 0 Å². The lowest BCUT2D eigenvalue weighted by atomic mass is 10.1. The Hall–Kier alpha value is -0.570. The van der Waals surface area contributed by atoms with Crippen molar-refractivity contribution in [3.05, 3.63) is 0 Å². The third kappa shape index (κ3) is 9.16. The van der Waals surface area contributed by atoms with Gasteiger partial charge in [-0.3, -0.25) is 4.79 Å². The van der Waals surface area contributed by atoms with Crippen molar-refractivity contribution in [3.63, 3.8) is 0 Å². The zero-order valence-electron chi connectivity index (χ0n) is 11.1. The quantitative estimate of drug-likeness (QED) is 0.316. The van der Waals surface area contributed by atoms with Crippen LogP contribution in [0.15, 0.2) is 0 Å². The Kier molecular flexibility index (Phi) is 8.06. The average molecular weight is 242 g/mol. The molecular weight excluding hydrogens is 216 g/mol. The monoisotopic (exact) mass is 242 g/mol. The minimum absolute atomic E-state index is 0.0766. The Morgan fingerprint density at radius 1 is 1.06 bits per heavy atom. The van der Waals surface area contributed by atoms with E-state index >= 15 is 0 Å². The Morgan fingerprint density at radius 2 is 1.59 bits per heavy atom. The molecule has 0 aromatic rings. The summed E-state index contributed by atoms with van der Waals surface area (Å²) in [6.07, 6.45) is 12.5. The highest BCUT2D eigenvalue weighted by Crippen LogP contribution is 2.18. The Labute approximate surface area is 105 Å². The summed E-state index contributed by atoms with van der Waals surface area (Å²) in [7, 11) is 1.45. The first kappa shape index (κ1) is 14.5. The van der Waals surface area contributed by atoms with Crippen LogP contribution in [0.4, 0.5) is 0 Å². The maximum Gasteiger partial charge on any atom is 0.305 e. The maximum absolute atomic E-state index is 10.8. The van der Waals surface area contributed by atoms with Gasteiger partial charge in [0.2, 0.25) is 0 Å². The summed E-state index contributed by atoms with van der Waals surface area (Å²) < 4.78 is 9.77. The van der Waals surface area contributed by atoms with Crippen molar-refractivity contribution < 1.29 is 14.3 Å². The molecule has 0 amide bonds. The van der Waals surface area contributed by atoms with Gasteiger partial charge in [-0.05, 0) is 12.8 Å². The van der Waals surface area contributed by atoms with Gasteiger partial charge in [-0.1, -0.05) is 44.9 Å². The number of rotatable bonds is 11. The van der Waals surface area contributed by atoms with E-state index in [0.717, 1.165) is 19.4 Å². The van der Waals surface area contributed by atoms with Gasteiger partial charge in [0, 0.05) is 6.42 Å². The number of methoxy groups -OCH3 is 1. The number of epoxide rings is 1. The van der Waals surface area contributed by atoms with E-state index in [4.69, 9.17) is 4.74 Å². The number of hydrogen-bond donors (Lipinski definition) is 0. The first-order valence-electron chi connectivity index (χ1n) is 7.01. The molecule has 1 atom stereocenters. The molecule has 1 saturated heterocycles. The molecule has 0 saturated carbocycles. The van der Waals surface area contributed by atoms with Crippen molar-refractivity contribution in [1.29, 1.82) is 0 Å². The van der Waals surface area contributed by atoms with E-state index in [9.17, 15) is 4.79 Å². The van der Waals surface area contributed by atoms with Gasteiger partial charge >= 0.3 is 5.97 Å². The van der Waals surface area contributed by atoms with Crippen molar-refractivity contribution >= 4 is 5.97 Å². The highest BCUT2D eigenvalue weighted by molar-refractivity contribution is 5.68. The predicted octanol–water partition coefficient (Wildman–Crippen LogP) is 3.46. The van der Waals surface area contributed by atoms with Crippen molar-refractivity contribution in [2.45, 2.75) is 70.3 Å². The smallest absolute Gasteiger partial charge is 0.305 e. The number of esters is 1. The number of unbranched alkanes of at least 4 members (excludes halogenated alkanes) is 7. The Balaban J connectivity index is 1.67. The molecule has 1 unspecified atom stereocenters. The molecule has 0 radical (unpaired) electrons. The molecular formula is C14H26O3. The lowest BCUT2D eigenvalue weighted by Gasteiger charge is -2.01. The van der Waals surface area contributed by atoms with Crippen LogP contribution in [0.3, 0.4) is 0 Å². The zero-order valence-corrected chi connectivity index (χ0v) is 11.1. The molecule has 1 fully saturated rings. The third-order valence-electron chi connectivity index (χ3n) is 3.29. The molecule has 0 spiro atoms. The summed E-state index contributed by atoms with van der Waals surface area (Å²) in [5, 5.41) is 0. The molecule has 17 heavy (non-hydrogen) atoms. The van der Waals surface area contributed by atoms with Gasteiger partial charge < -0.3 is 9.47 Å². The molecule has 0 bridgehead atoms. The second kappa shape index (κ2) is 9.46. The molecule has 0 N–H and O–H groups in total. The van der Waals surface area contributed by atoms with Crippen molar-refractivity contribution in [1.82, 2.24) is 0 Å². The lowest BCUT2D eigenvalue weighted by molar-refractivity contribution is -0.140. The standard InChI is InChI=1S/C14H26O3/c1-16-14(15)11-9-7-5-3-2-4-6-8-10-13-12-17-13/h13H,2-12H2,1H3. The van der Waals surface area contributed by atoms with Crippen molar-refractivity contribution in [3.8, 4) is 0 Å². The van der Waals surface area contributed by atoms with E-state index in [1.54, 1.807) is 0 Å². The number of carbonyl (C=O) groups excluding carboxylic acids is 1. The highest BCUT2D eigenvalue weighted by atomic mass is 16.6. The van der Waals surface area contributed by atoms with Crippen LogP contribution in [-0.2, 0) is 14.3 Å². The first-order valence-corrected chi connectivity index (χ1v) is 7.01. The minimum Gasteiger partial charge on any atom is -0.469 e. The second-order valence-electron chi connectivity index (χ2n) is 4.90. The fourth-order valence-electron chi connectivity index (χ4n) is 2.04. The van der Waals surface area contributed by atoms with Crippen LogP contribution < -0.4 is 0 Å². The topological polar surface area (TPSA) is 38.8 Å². The Bertz CT molecular complexity index is 200. The van der Waals surface area contributed by atoms with E-state index < -0.39 is 0 Å². The van der Waals surface area contributed by atoms with Crippen LogP contribution in [0.1, 0.15) is 64.2 Å². The summed E-state index contributed by atoms with van der Waals surface area (Å²) in [6, 6.07) is 0. The van der Waals surface area contributed by atoms with Crippen LogP contribution in [0.25, 0.3) is 0 Å². The lowest BCUT2D eigenvalue weighted by Crippen LogP contribution is -1.99. The van der Waals surface area contributed by atoms with Crippen molar-refractivity contribution in [2.24, 2.45) is 0 Å². The van der Waals surface area contributed by atoms with Crippen LogP contribution in [0.5, 0.6) is 0 Å². The predicted molar refractivity (Wildman–Crippen MR) is 67.9 cm³/mol. The van der Waals surface area contributed by atoms with Gasteiger partial charge in [0.1, 0.15) is 0 Å². The first-order chi connectivity index (χ1) is 8.33. The molecule has 0 aromatic carbocycles. The van der Waals surface area contributed by atoms with Gasteiger partial charge in [-0.25, -0.2) is 0 Å². The van der Waals surface area contributed by atoms with E-state index in [-0.39, 0.29) is 5.97 Å². The summed E-state index contributed by atoms with van der Waals surface area (Å²) in [4.78, 5) is 10.8. The summed E-state index contributed by atoms with van der Waals surface area (Å²) in [5.74, 6) is -0.0766. The van der Waals surface area contributed by atoms with Crippen LogP contribution in [0.2, 0.25) is 0 Å². The zero-order chi connectivity index (χ0) is 12.3. The Morgan fingerprint density at radius 3 is 2.12 bits per heavy atom. The van der Waals surface area contributed by atoms with E-state index in [1.807, 2.05) is 0 Å². The molecule has 100 valence electrons. The van der Waals surface area contributed by atoms with Gasteiger partial charge in [-0.2, -0.15) is 0 Å². The second-order valence-corrected chi connectivity index (χ2v) is 4.90. The molecule has 1 aliphatic rings. The SMILES string of the molecule is COC(=O)CCCCCCCCCCC1CO1. The molecule has 0 aliphatic carbocycles. The normalized spacial score (nSPS) is 18.1. The van der Waals surface area contributed by atoms with Gasteiger partial charge in [-0.15, -0.1) is 0 Å². The summed E-state index contributed by atoms with van der Waals surface area (Å²) >= 11 is 0. The fourth-order valence-corrected chi connectivity index (χ4v) is 2.04. The number of ether oxygens (including phenoxy) is 2. The maximum atomic E-state index is 10.8. The molecule has 1 aliphatic heterocycles. The van der Waals surface area contributed by atoms with Crippen LogP contribution in [0, 0.1) is 0 Å². The minimum atomic E-state index is -0.0766. The van der Waals surface area contributed by atoms with Crippen molar-refractivity contribution in [2.75, 3.05) is 13.7 Å². The molecule has 1 rings (SSSR count). The summed E-state index contributed by atoms with van der Waals surface area (Å²) in [5.41, 5.74) is 0. The van der Waals surface area contributed by atoms with Gasteiger partial charge in [0.05, 0.1) is 19.8 Å². The number of carbonyl (C=O) groups is 1. The van der Waals surface area contributed by atoms with E-state index in [2.05, 4.69) is 4.74 Å². The van der Waals surface area contributed by atoms with Gasteiger partial charge in [0.25, 0.3) is 0 Å². The molecule has 0 aromatic heterocycles. The molecule has 3 nitrogen and oxygen atoms in total.